The minimum atomic E-state index is -0.709. The van der Waals surface area contributed by atoms with Crippen LogP contribution in [0.15, 0.2) is 10.9 Å². The average molecular weight is 194 g/mol. The third kappa shape index (κ3) is 1.60. The summed E-state index contributed by atoms with van der Waals surface area (Å²) in [6.45, 7) is 1.76. The highest BCUT2D eigenvalue weighted by Crippen LogP contribution is 2.05. The standard InChI is InChI=1S/C9H10N2O3/c1-6-3-7(5-14-2)11(13)9(12)8(6)4-10/h3,13H,5H2,1-2H3. The fraction of sp³-hybridized carbons (Fsp3) is 0.333. The number of nitrogens with zero attached hydrogens (tertiary/aromatic N) is 2. The van der Waals surface area contributed by atoms with Crippen molar-refractivity contribution < 1.29 is 9.94 Å². The third-order valence-corrected chi connectivity index (χ3v) is 1.86. The molecule has 0 fully saturated rings. The monoisotopic (exact) mass is 194 g/mol. The highest BCUT2D eigenvalue weighted by atomic mass is 16.5. The fourth-order valence-corrected chi connectivity index (χ4v) is 1.17. The Kier molecular flexibility index (Phi) is 2.89. The Morgan fingerprint density at radius 1 is 1.71 bits per heavy atom. The van der Waals surface area contributed by atoms with Crippen molar-refractivity contribution in [2.24, 2.45) is 0 Å². The number of pyridine rings is 1. The molecule has 0 aromatic carbocycles. The fourth-order valence-electron chi connectivity index (χ4n) is 1.17. The van der Waals surface area contributed by atoms with Crippen LogP contribution in [0.2, 0.25) is 0 Å². The molecule has 0 aliphatic rings. The zero-order chi connectivity index (χ0) is 10.7. The first-order chi connectivity index (χ1) is 6.61. The van der Waals surface area contributed by atoms with Gasteiger partial charge in [0.2, 0.25) is 0 Å². The Hall–Kier alpha value is -1.80. The molecule has 1 N–H and O–H groups in total. The van der Waals surface area contributed by atoms with E-state index in [4.69, 9.17) is 10.00 Å². The van der Waals surface area contributed by atoms with Gasteiger partial charge in [0.25, 0.3) is 0 Å². The summed E-state index contributed by atoms with van der Waals surface area (Å²) in [5, 5.41) is 18.0. The van der Waals surface area contributed by atoms with Crippen molar-refractivity contribution in [2.75, 3.05) is 7.11 Å². The molecule has 1 aromatic rings. The maximum absolute atomic E-state index is 11.4. The maximum atomic E-state index is 11.4. The molecular weight excluding hydrogens is 184 g/mol. The molecule has 0 saturated carbocycles. The summed E-state index contributed by atoms with van der Waals surface area (Å²) in [7, 11) is 1.46. The van der Waals surface area contributed by atoms with E-state index in [1.54, 1.807) is 19.1 Å². The third-order valence-electron chi connectivity index (χ3n) is 1.86. The molecule has 0 bridgehead atoms. The predicted octanol–water partition coefficient (Wildman–Crippen LogP) is 0.412. The Labute approximate surface area is 80.7 Å². The largest absolute Gasteiger partial charge is 0.425 e. The highest BCUT2D eigenvalue weighted by Gasteiger charge is 2.10. The zero-order valence-electron chi connectivity index (χ0n) is 7.94. The van der Waals surface area contributed by atoms with Crippen molar-refractivity contribution in [1.82, 2.24) is 4.73 Å². The lowest BCUT2D eigenvalue weighted by Gasteiger charge is -2.07. The first kappa shape index (κ1) is 10.3. The van der Waals surface area contributed by atoms with Gasteiger partial charge in [0.1, 0.15) is 11.6 Å². The smallest absolute Gasteiger partial charge is 0.301 e. The maximum Gasteiger partial charge on any atom is 0.301 e. The van der Waals surface area contributed by atoms with Gasteiger partial charge in [-0.15, -0.1) is 4.73 Å². The Morgan fingerprint density at radius 3 is 2.86 bits per heavy atom. The molecule has 0 radical (unpaired) electrons. The number of hydrogen-bond donors (Lipinski definition) is 1. The number of methoxy groups -OCH3 is 1. The quantitative estimate of drug-likeness (QED) is 0.692. The van der Waals surface area contributed by atoms with E-state index in [0.29, 0.717) is 16.0 Å². The lowest BCUT2D eigenvalue weighted by Crippen LogP contribution is -2.25. The van der Waals surface area contributed by atoms with Crippen LogP contribution in [-0.2, 0) is 11.3 Å². The minimum Gasteiger partial charge on any atom is -0.425 e. The van der Waals surface area contributed by atoms with Crippen LogP contribution in [0.5, 0.6) is 0 Å². The molecule has 0 unspecified atom stereocenters. The highest BCUT2D eigenvalue weighted by molar-refractivity contribution is 5.35. The first-order valence-corrected chi connectivity index (χ1v) is 3.95. The summed E-state index contributed by atoms with van der Waals surface area (Å²) in [5.74, 6) is 0. The van der Waals surface area contributed by atoms with Gasteiger partial charge < -0.3 is 9.94 Å². The lowest BCUT2D eigenvalue weighted by molar-refractivity contribution is 0.120. The van der Waals surface area contributed by atoms with Crippen molar-refractivity contribution in [3.63, 3.8) is 0 Å². The molecule has 0 amide bonds. The number of nitriles is 1. The van der Waals surface area contributed by atoms with E-state index in [9.17, 15) is 10.0 Å². The molecule has 14 heavy (non-hydrogen) atoms. The first-order valence-electron chi connectivity index (χ1n) is 3.95. The molecule has 0 aliphatic carbocycles. The SMILES string of the molecule is COCc1cc(C)c(C#N)c(=O)n1O. The normalized spacial score (nSPS) is 9.79. The molecule has 0 aliphatic heterocycles. The van der Waals surface area contributed by atoms with Crippen LogP contribution in [0, 0.1) is 18.3 Å². The minimum absolute atomic E-state index is 0.0487. The number of aryl methyl sites for hydroxylation is 1. The summed E-state index contributed by atoms with van der Waals surface area (Å²) < 4.78 is 5.23. The summed E-state index contributed by atoms with van der Waals surface area (Å²) in [5.41, 5.74) is 0.107. The molecule has 1 rings (SSSR count). The van der Waals surface area contributed by atoms with E-state index >= 15 is 0 Å². The van der Waals surface area contributed by atoms with E-state index in [0.717, 1.165) is 0 Å². The van der Waals surface area contributed by atoms with Crippen LogP contribution in [-0.4, -0.2) is 17.0 Å². The summed E-state index contributed by atoms with van der Waals surface area (Å²) in [4.78, 5) is 11.4. The van der Waals surface area contributed by atoms with E-state index in [1.165, 1.54) is 7.11 Å². The van der Waals surface area contributed by atoms with Gasteiger partial charge in [0.15, 0.2) is 0 Å². The molecule has 74 valence electrons. The Balaban J connectivity index is 3.42. The van der Waals surface area contributed by atoms with Gasteiger partial charge in [0.05, 0.1) is 12.3 Å². The van der Waals surface area contributed by atoms with E-state index < -0.39 is 5.56 Å². The van der Waals surface area contributed by atoms with Crippen molar-refractivity contribution in [3.05, 3.63) is 33.2 Å². The van der Waals surface area contributed by atoms with Crippen molar-refractivity contribution >= 4 is 0 Å². The molecule has 5 nitrogen and oxygen atoms in total. The zero-order valence-corrected chi connectivity index (χ0v) is 7.94. The van der Waals surface area contributed by atoms with Gasteiger partial charge >= 0.3 is 5.56 Å². The van der Waals surface area contributed by atoms with Gasteiger partial charge in [-0.2, -0.15) is 5.26 Å². The summed E-state index contributed by atoms with van der Waals surface area (Å²) in [6.07, 6.45) is 0. The molecule has 0 atom stereocenters. The molecule has 0 saturated heterocycles. The van der Waals surface area contributed by atoms with Gasteiger partial charge in [-0.3, -0.25) is 4.79 Å². The molecule has 1 aromatic heterocycles. The number of aromatic nitrogens is 1. The second kappa shape index (κ2) is 3.94. The van der Waals surface area contributed by atoms with Crippen LogP contribution in [0.4, 0.5) is 0 Å². The van der Waals surface area contributed by atoms with Gasteiger partial charge in [-0.1, -0.05) is 0 Å². The van der Waals surface area contributed by atoms with Crippen molar-refractivity contribution in [3.8, 4) is 6.07 Å². The second-order valence-corrected chi connectivity index (χ2v) is 2.86. The van der Waals surface area contributed by atoms with Crippen LogP contribution in [0.25, 0.3) is 0 Å². The summed E-state index contributed by atoms with van der Waals surface area (Å²) in [6, 6.07) is 3.28. The van der Waals surface area contributed by atoms with Crippen molar-refractivity contribution in [2.45, 2.75) is 13.5 Å². The molecule has 5 heteroatoms. The van der Waals surface area contributed by atoms with Gasteiger partial charge in [-0.05, 0) is 18.6 Å². The number of hydrogen-bond acceptors (Lipinski definition) is 4. The second-order valence-electron chi connectivity index (χ2n) is 2.86. The van der Waals surface area contributed by atoms with Crippen LogP contribution in [0.1, 0.15) is 16.8 Å². The van der Waals surface area contributed by atoms with E-state index in [2.05, 4.69) is 0 Å². The van der Waals surface area contributed by atoms with E-state index in [-0.39, 0.29) is 12.2 Å². The Morgan fingerprint density at radius 2 is 2.36 bits per heavy atom. The molecular formula is C9H10N2O3. The predicted molar refractivity (Wildman–Crippen MR) is 48.1 cm³/mol. The van der Waals surface area contributed by atoms with E-state index in [1.807, 2.05) is 0 Å². The van der Waals surface area contributed by atoms with Crippen LogP contribution >= 0.6 is 0 Å². The van der Waals surface area contributed by atoms with Gasteiger partial charge in [0, 0.05) is 7.11 Å². The van der Waals surface area contributed by atoms with Gasteiger partial charge in [-0.25, -0.2) is 0 Å². The lowest BCUT2D eigenvalue weighted by atomic mass is 10.1. The molecule has 0 spiro atoms. The van der Waals surface area contributed by atoms with Crippen LogP contribution in [0.3, 0.4) is 0 Å². The summed E-state index contributed by atoms with van der Waals surface area (Å²) >= 11 is 0. The number of rotatable bonds is 2. The average Bonchev–Trinajstić information content (AvgIpc) is 2.15. The van der Waals surface area contributed by atoms with Crippen molar-refractivity contribution in [1.29, 1.82) is 5.26 Å². The molecule has 1 heterocycles. The Bertz CT molecular complexity index is 443. The number of ether oxygens (including phenoxy) is 1. The van der Waals surface area contributed by atoms with Crippen LogP contribution < -0.4 is 5.56 Å². The topological polar surface area (TPSA) is 75.2 Å².